The van der Waals surface area contributed by atoms with E-state index in [9.17, 15) is 9.59 Å². The van der Waals surface area contributed by atoms with E-state index in [4.69, 9.17) is 0 Å². The van der Waals surface area contributed by atoms with Crippen LogP contribution < -0.4 is 16.0 Å². The summed E-state index contributed by atoms with van der Waals surface area (Å²) in [6.07, 6.45) is 7.13. The predicted molar refractivity (Wildman–Crippen MR) is 157 cm³/mol. The summed E-state index contributed by atoms with van der Waals surface area (Å²) in [6.45, 7) is 18.0. The van der Waals surface area contributed by atoms with Crippen LogP contribution in [0.2, 0.25) is 0 Å². The van der Waals surface area contributed by atoms with Gasteiger partial charge in [0.15, 0.2) is 0 Å². The first-order chi connectivity index (χ1) is 17.7. The maximum Gasteiger partial charge on any atom is 0.237 e. The molecule has 0 fully saturated rings. The molecule has 210 valence electrons. The molecule has 0 spiro atoms. The third-order valence-corrected chi connectivity index (χ3v) is 6.46. The van der Waals surface area contributed by atoms with E-state index >= 15 is 0 Å². The monoisotopic (exact) mass is 522 g/mol. The summed E-state index contributed by atoms with van der Waals surface area (Å²) in [4.78, 5) is 30.8. The van der Waals surface area contributed by atoms with Crippen LogP contribution in [0.1, 0.15) is 90.8 Å². The average Bonchev–Trinajstić information content (AvgIpc) is 2.81. The molecule has 2 atom stereocenters. The lowest BCUT2D eigenvalue weighted by molar-refractivity contribution is -0.125. The van der Waals surface area contributed by atoms with Gasteiger partial charge >= 0.3 is 0 Å². The second-order valence-corrected chi connectivity index (χ2v) is 13.1. The van der Waals surface area contributed by atoms with Gasteiger partial charge in [-0.3, -0.25) is 14.6 Å². The number of aryl methyl sites for hydroxylation is 1. The van der Waals surface area contributed by atoms with Crippen molar-refractivity contribution in [1.29, 1.82) is 0 Å². The lowest BCUT2D eigenvalue weighted by Gasteiger charge is -2.26. The molecule has 3 N–H and O–H groups in total. The minimum atomic E-state index is -0.480. The Morgan fingerprint density at radius 3 is 2.05 bits per heavy atom. The first kappa shape index (κ1) is 31.5. The number of carbonyl (C=O) groups is 2. The smallest absolute Gasteiger partial charge is 0.237 e. The molecule has 0 aliphatic rings. The van der Waals surface area contributed by atoms with Gasteiger partial charge in [0.2, 0.25) is 11.8 Å². The first-order valence-electron chi connectivity index (χ1n) is 14.0. The SMILES string of the molecule is CC(C)CCNC(Cc1ccncc1)C(=O)NCC(C(=O)NC(C)(C)C)c1ccc(CCC(C)(C)C)cc1. The van der Waals surface area contributed by atoms with Crippen molar-refractivity contribution in [2.24, 2.45) is 11.3 Å². The average molecular weight is 523 g/mol. The Balaban J connectivity index is 2.17. The Kier molecular flexibility index (Phi) is 12.0. The fraction of sp³-hybridized carbons (Fsp3) is 0.594. The summed E-state index contributed by atoms with van der Waals surface area (Å²) in [7, 11) is 0. The van der Waals surface area contributed by atoms with E-state index in [1.54, 1.807) is 12.4 Å². The zero-order chi connectivity index (χ0) is 28.3. The molecule has 0 bridgehead atoms. The third-order valence-electron chi connectivity index (χ3n) is 6.46. The lowest BCUT2D eigenvalue weighted by atomic mass is 9.88. The van der Waals surface area contributed by atoms with Gasteiger partial charge in [-0.2, -0.15) is 0 Å². The lowest BCUT2D eigenvalue weighted by Crippen LogP contribution is -2.49. The van der Waals surface area contributed by atoms with Crippen LogP contribution in [0, 0.1) is 11.3 Å². The minimum absolute atomic E-state index is 0.0845. The largest absolute Gasteiger partial charge is 0.354 e. The van der Waals surface area contributed by atoms with Crippen molar-refractivity contribution in [1.82, 2.24) is 20.9 Å². The number of hydrogen-bond donors (Lipinski definition) is 3. The van der Waals surface area contributed by atoms with Gasteiger partial charge in [0, 0.05) is 24.5 Å². The summed E-state index contributed by atoms with van der Waals surface area (Å²) in [6, 6.07) is 11.8. The van der Waals surface area contributed by atoms with Gasteiger partial charge in [-0.15, -0.1) is 0 Å². The van der Waals surface area contributed by atoms with Gasteiger partial charge in [0.05, 0.1) is 12.0 Å². The number of amides is 2. The van der Waals surface area contributed by atoms with Crippen molar-refractivity contribution < 1.29 is 9.59 Å². The first-order valence-corrected chi connectivity index (χ1v) is 14.0. The number of pyridine rings is 1. The van der Waals surface area contributed by atoms with Crippen molar-refractivity contribution in [3.63, 3.8) is 0 Å². The van der Waals surface area contributed by atoms with Crippen LogP contribution >= 0.6 is 0 Å². The molecule has 2 unspecified atom stereocenters. The molecular weight excluding hydrogens is 472 g/mol. The number of nitrogens with zero attached hydrogens (tertiary/aromatic N) is 1. The van der Waals surface area contributed by atoms with Crippen molar-refractivity contribution in [2.75, 3.05) is 13.1 Å². The van der Waals surface area contributed by atoms with Gasteiger partial charge in [-0.05, 0) is 93.2 Å². The van der Waals surface area contributed by atoms with E-state index < -0.39 is 5.92 Å². The van der Waals surface area contributed by atoms with Gasteiger partial charge in [-0.25, -0.2) is 0 Å². The molecule has 6 nitrogen and oxygen atoms in total. The highest BCUT2D eigenvalue weighted by Crippen LogP contribution is 2.23. The number of aromatic nitrogens is 1. The fourth-order valence-electron chi connectivity index (χ4n) is 4.14. The zero-order valence-corrected chi connectivity index (χ0v) is 24.9. The van der Waals surface area contributed by atoms with E-state index in [2.05, 4.69) is 67.7 Å². The summed E-state index contributed by atoms with van der Waals surface area (Å²) in [5.74, 6) is -0.115. The molecule has 1 heterocycles. The quantitative estimate of drug-likeness (QED) is 0.328. The van der Waals surface area contributed by atoms with Crippen LogP contribution in [0.3, 0.4) is 0 Å². The van der Waals surface area contributed by atoms with Crippen molar-refractivity contribution in [3.8, 4) is 0 Å². The van der Waals surface area contributed by atoms with Gasteiger partial charge in [-0.1, -0.05) is 58.9 Å². The zero-order valence-electron chi connectivity index (χ0n) is 24.9. The Hall–Kier alpha value is -2.73. The molecule has 2 rings (SSSR count). The molecule has 0 aliphatic carbocycles. The van der Waals surface area contributed by atoms with E-state index in [-0.39, 0.29) is 35.4 Å². The molecule has 1 aromatic carbocycles. The molecule has 0 saturated carbocycles. The van der Waals surface area contributed by atoms with E-state index in [0.717, 1.165) is 36.9 Å². The van der Waals surface area contributed by atoms with Crippen LogP contribution in [0.15, 0.2) is 48.8 Å². The highest BCUT2D eigenvalue weighted by molar-refractivity contribution is 5.86. The summed E-state index contributed by atoms with van der Waals surface area (Å²) < 4.78 is 0. The molecule has 2 aromatic rings. The topological polar surface area (TPSA) is 83.1 Å². The van der Waals surface area contributed by atoms with E-state index in [0.29, 0.717) is 12.3 Å². The van der Waals surface area contributed by atoms with Crippen LogP contribution in [0.4, 0.5) is 0 Å². The van der Waals surface area contributed by atoms with E-state index in [1.165, 1.54) is 5.56 Å². The molecule has 0 radical (unpaired) electrons. The summed E-state index contributed by atoms with van der Waals surface area (Å²) in [5.41, 5.74) is 3.12. The Morgan fingerprint density at radius 1 is 0.868 bits per heavy atom. The Bertz CT molecular complexity index is 989. The molecule has 6 heteroatoms. The number of nitrogens with one attached hydrogen (secondary N) is 3. The molecule has 38 heavy (non-hydrogen) atoms. The number of hydrogen-bond acceptors (Lipinski definition) is 4. The van der Waals surface area contributed by atoms with Crippen molar-refractivity contribution in [3.05, 3.63) is 65.5 Å². The minimum Gasteiger partial charge on any atom is -0.354 e. The summed E-state index contributed by atoms with van der Waals surface area (Å²) >= 11 is 0. The molecular formula is C32H50N4O2. The highest BCUT2D eigenvalue weighted by atomic mass is 16.2. The molecule has 2 amide bonds. The number of benzene rings is 1. The van der Waals surface area contributed by atoms with E-state index in [1.807, 2.05) is 45.0 Å². The van der Waals surface area contributed by atoms with Crippen molar-refractivity contribution in [2.45, 2.75) is 98.6 Å². The second-order valence-electron chi connectivity index (χ2n) is 13.1. The van der Waals surface area contributed by atoms with Gasteiger partial charge < -0.3 is 16.0 Å². The summed E-state index contributed by atoms with van der Waals surface area (Å²) in [5, 5.41) is 9.62. The maximum atomic E-state index is 13.4. The molecule has 1 aromatic heterocycles. The normalized spacial score (nSPS) is 13.7. The predicted octanol–water partition coefficient (Wildman–Crippen LogP) is 5.42. The van der Waals surface area contributed by atoms with Crippen LogP contribution in [0.25, 0.3) is 0 Å². The molecule has 0 aliphatic heterocycles. The standard InChI is InChI=1S/C32H50N4O2/c1-23(2)14-20-34-28(21-25-15-18-33-19-16-25)30(38)35-22-27(29(37)36-32(6,7)8)26-11-9-24(10-12-26)13-17-31(3,4)5/h9-12,15-16,18-19,23,27-28,34H,13-14,17,20-22H2,1-8H3,(H,35,38)(H,36,37). The van der Waals surface area contributed by atoms with Crippen molar-refractivity contribution >= 4 is 11.8 Å². The van der Waals surface area contributed by atoms with Crippen LogP contribution in [-0.2, 0) is 22.4 Å². The second kappa shape index (κ2) is 14.4. The third kappa shape index (κ3) is 12.2. The number of carbonyl (C=O) groups excluding carboxylic acids is 2. The number of rotatable bonds is 13. The molecule has 0 saturated heterocycles. The fourth-order valence-corrected chi connectivity index (χ4v) is 4.14. The maximum absolute atomic E-state index is 13.4. The Morgan fingerprint density at radius 2 is 1.50 bits per heavy atom. The van der Waals surface area contributed by atoms with Gasteiger partial charge in [0.25, 0.3) is 0 Å². The van der Waals surface area contributed by atoms with Crippen LogP contribution in [-0.4, -0.2) is 41.5 Å². The van der Waals surface area contributed by atoms with Crippen LogP contribution in [0.5, 0.6) is 0 Å². The van der Waals surface area contributed by atoms with Gasteiger partial charge in [0.1, 0.15) is 0 Å². The highest BCUT2D eigenvalue weighted by Gasteiger charge is 2.27. The Labute approximate surface area is 230 Å².